The molecule has 5 nitrogen and oxygen atoms in total. The van der Waals surface area contributed by atoms with Crippen LogP contribution >= 0.6 is 0 Å². The number of pyridine rings is 1. The van der Waals surface area contributed by atoms with Crippen LogP contribution < -0.4 is 5.32 Å². The molecule has 2 aromatic heterocycles. The van der Waals surface area contributed by atoms with E-state index in [1.165, 1.54) is 6.20 Å². The number of nitrogens with one attached hydrogen (secondary N) is 2. The van der Waals surface area contributed by atoms with Gasteiger partial charge in [0.15, 0.2) is 0 Å². The molecular formula is C9H9N3O2. The van der Waals surface area contributed by atoms with Crippen molar-refractivity contribution in [2.45, 2.75) is 0 Å². The summed E-state index contributed by atoms with van der Waals surface area (Å²) in [5, 5.41) is 12.5. The zero-order valence-electron chi connectivity index (χ0n) is 7.53. The summed E-state index contributed by atoms with van der Waals surface area (Å²) in [4.78, 5) is 17.7. The third-order valence-corrected chi connectivity index (χ3v) is 2.07. The summed E-state index contributed by atoms with van der Waals surface area (Å²) in [5.74, 6) is -0.958. The van der Waals surface area contributed by atoms with Crippen LogP contribution in [-0.2, 0) is 0 Å². The van der Waals surface area contributed by atoms with Gasteiger partial charge in [0.05, 0.1) is 10.9 Å². The van der Waals surface area contributed by atoms with E-state index in [4.69, 9.17) is 5.11 Å². The van der Waals surface area contributed by atoms with Crippen molar-refractivity contribution in [1.82, 2.24) is 9.97 Å². The number of fused-ring (bicyclic) bond motifs is 1. The Morgan fingerprint density at radius 2 is 2.43 bits per heavy atom. The Morgan fingerprint density at radius 1 is 1.64 bits per heavy atom. The number of carbonyl (C=O) groups is 1. The first-order valence-electron chi connectivity index (χ1n) is 4.11. The van der Waals surface area contributed by atoms with Crippen molar-refractivity contribution in [3.63, 3.8) is 0 Å². The minimum Gasteiger partial charge on any atom is -0.478 e. The molecule has 0 aromatic carbocycles. The quantitative estimate of drug-likeness (QED) is 0.668. The van der Waals surface area contributed by atoms with Crippen molar-refractivity contribution in [2.24, 2.45) is 0 Å². The van der Waals surface area contributed by atoms with Gasteiger partial charge in [0.25, 0.3) is 0 Å². The fraction of sp³-hybridized carbons (Fsp3) is 0.111. The standard InChI is InChI=1S/C9H9N3O2/c1-10-6-2-3-11-8-7(6)5(4-12-8)9(13)14/h2-4H,1H3,(H,13,14)(H2,10,11,12). The maximum Gasteiger partial charge on any atom is 0.338 e. The summed E-state index contributed by atoms with van der Waals surface area (Å²) < 4.78 is 0. The Kier molecular flexibility index (Phi) is 1.85. The summed E-state index contributed by atoms with van der Waals surface area (Å²) in [6, 6.07) is 1.74. The van der Waals surface area contributed by atoms with Crippen LogP contribution in [0.3, 0.4) is 0 Å². The SMILES string of the molecule is CNc1ccnc2[nH]cc(C(=O)O)c12. The molecule has 2 aromatic rings. The molecule has 0 aliphatic heterocycles. The first-order valence-corrected chi connectivity index (χ1v) is 4.11. The molecule has 0 radical (unpaired) electrons. The summed E-state index contributed by atoms with van der Waals surface area (Å²) >= 11 is 0. The van der Waals surface area contributed by atoms with Crippen LogP contribution in [0.15, 0.2) is 18.5 Å². The third kappa shape index (κ3) is 1.10. The van der Waals surface area contributed by atoms with Gasteiger partial charge in [-0.25, -0.2) is 9.78 Å². The molecule has 0 fully saturated rings. The fourth-order valence-corrected chi connectivity index (χ4v) is 1.43. The summed E-state index contributed by atoms with van der Waals surface area (Å²) in [6.45, 7) is 0. The predicted octanol–water partition coefficient (Wildman–Crippen LogP) is 1.30. The van der Waals surface area contributed by atoms with Crippen LogP contribution in [0.4, 0.5) is 5.69 Å². The lowest BCUT2D eigenvalue weighted by Crippen LogP contribution is -1.97. The zero-order chi connectivity index (χ0) is 10.1. The highest BCUT2D eigenvalue weighted by Crippen LogP contribution is 2.24. The average Bonchev–Trinajstić information content (AvgIpc) is 2.60. The monoisotopic (exact) mass is 191 g/mol. The number of H-pyrrole nitrogens is 1. The van der Waals surface area contributed by atoms with E-state index in [9.17, 15) is 4.79 Å². The van der Waals surface area contributed by atoms with Gasteiger partial charge in [-0.1, -0.05) is 0 Å². The fourth-order valence-electron chi connectivity index (χ4n) is 1.43. The highest BCUT2D eigenvalue weighted by Gasteiger charge is 2.13. The number of carboxylic acids is 1. The van der Waals surface area contributed by atoms with Crippen LogP contribution in [0.2, 0.25) is 0 Å². The molecule has 0 saturated heterocycles. The van der Waals surface area contributed by atoms with Crippen molar-refractivity contribution >= 4 is 22.7 Å². The van der Waals surface area contributed by atoms with Crippen molar-refractivity contribution in [3.05, 3.63) is 24.0 Å². The maximum atomic E-state index is 10.9. The lowest BCUT2D eigenvalue weighted by Gasteiger charge is -2.01. The number of aromatic amines is 1. The molecule has 0 aliphatic carbocycles. The third-order valence-electron chi connectivity index (χ3n) is 2.07. The van der Waals surface area contributed by atoms with Gasteiger partial charge in [-0.05, 0) is 6.07 Å². The number of hydrogen-bond donors (Lipinski definition) is 3. The molecule has 0 saturated carbocycles. The van der Waals surface area contributed by atoms with Gasteiger partial charge in [-0.15, -0.1) is 0 Å². The lowest BCUT2D eigenvalue weighted by molar-refractivity contribution is 0.0699. The molecule has 3 N–H and O–H groups in total. The van der Waals surface area contributed by atoms with Crippen LogP contribution in [0, 0.1) is 0 Å². The van der Waals surface area contributed by atoms with Crippen LogP contribution in [0.5, 0.6) is 0 Å². The molecule has 72 valence electrons. The minimum atomic E-state index is -0.958. The van der Waals surface area contributed by atoms with E-state index < -0.39 is 5.97 Å². The van der Waals surface area contributed by atoms with Gasteiger partial charge >= 0.3 is 5.97 Å². The highest BCUT2D eigenvalue weighted by molar-refractivity contribution is 6.07. The predicted molar refractivity (Wildman–Crippen MR) is 52.6 cm³/mol. The molecule has 0 bridgehead atoms. The Balaban J connectivity index is 2.81. The van der Waals surface area contributed by atoms with E-state index in [1.54, 1.807) is 19.3 Å². The summed E-state index contributed by atoms with van der Waals surface area (Å²) in [6.07, 6.45) is 3.07. The second kappa shape index (κ2) is 3.02. The van der Waals surface area contributed by atoms with E-state index in [0.717, 1.165) is 5.69 Å². The number of rotatable bonds is 2. The number of aromatic carboxylic acids is 1. The Labute approximate surface area is 79.8 Å². The maximum absolute atomic E-state index is 10.9. The van der Waals surface area contributed by atoms with Crippen LogP contribution in [0.1, 0.15) is 10.4 Å². The second-order valence-corrected chi connectivity index (χ2v) is 2.84. The molecule has 0 unspecified atom stereocenters. The molecule has 0 aliphatic rings. The summed E-state index contributed by atoms with van der Waals surface area (Å²) in [7, 11) is 1.74. The van der Waals surface area contributed by atoms with Gasteiger partial charge in [-0.2, -0.15) is 0 Å². The minimum absolute atomic E-state index is 0.234. The van der Waals surface area contributed by atoms with Crippen LogP contribution in [-0.4, -0.2) is 28.1 Å². The average molecular weight is 191 g/mol. The summed E-state index contributed by atoms with van der Waals surface area (Å²) in [5.41, 5.74) is 1.57. The van der Waals surface area contributed by atoms with Crippen molar-refractivity contribution in [2.75, 3.05) is 12.4 Å². The van der Waals surface area contributed by atoms with E-state index >= 15 is 0 Å². The van der Waals surface area contributed by atoms with E-state index in [-0.39, 0.29) is 5.56 Å². The zero-order valence-corrected chi connectivity index (χ0v) is 7.53. The van der Waals surface area contributed by atoms with E-state index in [0.29, 0.717) is 11.0 Å². The largest absolute Gasteiger partial charge is 0.478 e. The molecule has 5 heteroatoms. The first-order chi connectivity index (χ1) is 6.74. The van der Waals surface area contributed by atoms with Gasteiger partial charge < -0.3 is 15.4 Å². The molecule has 14 heavy (non-hydrogen) atoms. The molecule has 2 rings (SSSR count). The molecule has 2 heterocycles. The van der Waals surface area contributed by atoms with Gasteiger partial charge in [0, 0.05) is 25.1 Å². The number of nitrogens with zero attached hydrogens (tertiary/aromatic N) is 1. The van der Waals surface area contributed by atoms with Crippen molar-refractivity contribution in [1.29, 1.82) is 0 Å². The normalized spacial score (nSPS) is 10.4. The van der Waals surface area contributed by atoms with Crippen molar-refractivity contribution < 1.29 is 9.90 Å². The number of carboxylic acid groups (broad SMARTS) is 1. The molecule has 0 atom stereocenters. The topological polar surface area (TPSA) is 78.0 Å². The van der Waals surface area contributed by atoms with Gasteiger partial charge in [0.1, 0.15) is 5.65 Å². The first kappa shape index (κ1) is 8.55. The van der Waals surface area contributed by atoms with Gasteiger partial charge in [0.2, 0.25) is 0 Å². The number of aromatic nitrogens is 2. The molecule has 0 spiro atoms. The number of hydrogen-bond acceptors (Lipinski definition) is 3. The van der Waals surface area contributed by atoms with Crippen molar-refractivity contribution in [3.8, 4) is 0 Å². The Bertz CT molecular complexity index is 490. The van der Waals surface area contributed by atoms with Crippen LogP contribution in [0.25, 0.3) is 11.0 Å². The number of anilines is 1. The Hall–Kier alpha value is -2.04. The second-order valence-electron chi connectivity index (χ2n) is 2.84. The smallest absolute Gasteiger partial charge is 0.338 e. The van der Waals surface area contributed by atoms with Gasteiger partial charge in [-0.3, -0.25) is 0 Å². The Morgan fingerprint density at radius 3 is 3.07 bits per heavy atom. The van der Waals surface area contributed by atoms with E-state index in [1.807, 2.05) is 0 Å². The lowest BCUT2D eigenvalue weighted by atomic mass is 10.2. The molecule has 0 amide bonds. The highest BCUT2D eigenvalue weighted by atomic mass is 16.4. The molecular weight excluding hydrogens is 182 g/mol. The van der Waals surface area contributed by atoms with E-state index in [2.05, 4.69) is 15.3 Å².